The Morgan fingerprint density at radius 1 is 0.923 bits per heavy atom. The van der Waals surface area contributed by atoms with E-state index in [0.29, 0.717) is 6.54 Å². The van der Waals surface area contributed by atoms with Crippen molar-refractivity contribution in [2.75, 3.05) is 13.1 Å². The van der Waals surface area contributed by atoms with Crippen molar-refractivity contribution in [3.05, 3.63) is 0 Å². The molecule has 0 aliphatic rings. The molecule has 1 amide bonds. The van der Waals surface area contributed by atoms with Crippen LogP contribution in [-0.2, 0) is 4.79 Å². The largest absolute Gasteiger partial charge is 1.00 e. The Labute approximate surface area is 172 Å². The molecule has 0 aromatic heterocycles. The summed E-state index contributed by atoms with van der Waals surface area (Å²) in [7, 11) is 0. The molecule has 0 bridgehead atoms. The van der Waals surface area contributed by atoms with Crippen LogP contribution >= 0.6 is 0 Å². The second kappa shape index (κ2) is 22.3. The average Bonchev–Trinajstić information content (AvgIpc) is 2.56. The quantitative estimate of drug-likeness (QED) is 0.0981. The molecule has 0 aromatic rings. The van der Waals surface area contributed by atoms with Crippen LogP contribution in [0.15, 0.2) is 0 Å². The monoisotopic (exact) mass is 413 g/mol. The van der Waals surface area contributed by atoms with Gasteiger partial charge in [-0.05, 0) is 12.8 Å². The third kappa shape index (κ3) is 21.3. The fraction of sp³-hybridized carbons (Fsp3) is 0.889. The number of halogens is 2. The van der Waals surface area contributed by atoms with Gasteiger partial charge in [-0.2, -0.15) is 0 Å². The summed E-state index contributed by atoms with van der Waals surface area (Å²) in [5.74, 6) is 0.275. The standard InChI is InChI=1S/C18H39N5O.2ClH/c1-2-3-4-5-6-7-8-9-10-11-14-22-17(24)16(19)13-12-15-23-18(20)21;;/h16H,2-15,19H2,1H3,(H,22,24)(H4,20,21,23);2*1H/t16-;;/m0../s1. The smallest absolute Gasteiger partial charge is 0.338 e. The van der Waals surface area contributed by atoms with Crippen molar-refractivity contribution in [3.63, 3.8) is 0 Å². The SMILES string of the molecule is CCCCCCCCCCCCNC(=O)[C@@H]([NH3+])CCC[NH+]=C(N)N.[Cl-].[Cl-]. The molecule has 9 N–H and O–H groups in total. The first-order valence-electron chi connectivity index (χ1n) is 9.80. The molecular formula is C18H41Cl2N5O. The summed E-state index contributed by atoms with van der Waals surface area (Å²) < 4.78 is 0. The van der Waals surface area contributed by atoms with Gasteiger partial charge >= 0.3 is 5.96 Å². The van der Waals surface area contributed by atoms with E-state index in [0.717, 1.165) is 25.8 Å². The average molecular weight is 414 g/mol. The van der Waals surface area contributed by atoms with Crippen LogP contribution in [0.1, 0.15) is 84.0 Å². The highest BCUT2D eigenvalue weighted by Crippen LogP contribution is 2.10. The van der Waals surface area contributed by atoms with Crippen molar-refractivity contribution >= 4 is 11.9 Å². The molecule has 0 spiro atoms. The van der Waals surface area contributed by atoms with Crippen LogP contribution in [-0.4, -0.2) is 31.0 Å². The minimum atomic E-state index is -0.200. The number of unbranched alkanes of at least 4 members (excludes halogenated alkanes) is 9. The Bertz CT molecular complexity index is 340. The van der Waals surface area contributed by atoms with E-state index in [9.17, 15) is 4.79 Å². The maximum absolute atomic E-state index is 11.9. The number of nitrogens with two attached hydrogens (primary N) is 2. The topological polar surface area (TPSA) is 123 Å². The number of rotatable bonds is 16. The second-order valence-electron chi connectivity index (χ2n) is 6.69. The van der Waals surface area contributed by atoms with Gasteiger partial charge in [0.1, 0.15) is 0 Å². The number of nitrogens with one attached hydrogen (secondary N) is 2. The summed E-state index contributed by atoms with van der Waals surface area (Å²) in [5.41, 5.74) is 14.5. The van der Waals surface area contributed by atoms with E-state index in [1.807, 2.05) is 0 Å². The Morgan fingerprint density at radius 3 is 1.92 bits per heavy atom. The summed E-state index contributed by atoms with van der Waals surface area (Å²) in [4.78, 5) is 14.7. The highest BCUT2D eigenvalue weighted by molar-refractivity contribution is 5.79. The van der Waals surface area contributed by atoms with Crippen molar-refractivity contribution in [2.45, 2.75) is 90.0 Å². The Morgan fingerprint density at radius 2 is 1.42 bits per heavy atom. The Balaban J connectivity index is -0.00000264. The molecule has 0 radical (unpaired) electrons. The van der Waals surface area contributed by atoms with E-state index in [4.69, 9.17) is 11.5 Å². The lowest BCUT2D eigenvalue weighted by atomic mass is 10.1. The molecule has 158 valence electrons. The van der Waals surface area contributed by atoms with E-state index in [-0.39, 0.29) is 42.7 Å². The van der Waals surface area contributed by atoms with E-state index >= 15 is 0 Å². The zero-order chi connectivity index (χ0) is 18.0. The summed E-state index contributed by atoms with van der Waals surface area (Å²) in [6.45, 7) is 3.70. The zero-order valence-electron chi connectivity index (χ0n) is 16.5. The minimum Gasteiger partial charge on any atom is -1.00 e. The third-order valence-electron chi connectivity index (χ3n) is 4.26. The van der Waals surface area contributed by atoms with E-state index in [1.165, 1.54) is 57.8 Å². The molecule has 0 aliphatic carbocycles. The van der Waals surface area contributed by atoms with Gasteiger partial charge in [-0.25, -0.2) is 0 Å². The van der Waals surface area contributed by atoms with Gasteiger partial charge in [0.25, 0.3) is 5.91 Å². The number of guanidine groups is 1. The summed E-state index contributed by atoms with van der Waals surface area (Å²) in [5, 5.41) is 2.98. The van der Waals surface area contributed by atoms with Crippen LogP contribution in [0.2, 0.25) is 0 Å². The lowest BCUT2D eigenvalue weighted by Gasteiger charge is -2.09. The highest BCUT2D eigenvalue weighted by Gasteiger charge is 2.15. The fourth-order valence-electron chi connectivity index (χ4n) is 2.68. The van der Waals surface area contributed by atoms with Gasteiger partial charge in [-0.1, -0.05) is 64.7 Å². The van der Waals surface area contributed by atoms with E-state index < -0.39 is 0 Å². The first kappa shape index (κ1) is 30.0. The van der Waals surface area contributed by atoms with Crippen molar-refractivity contribution in [2.24, 2.45) is 11.5 Å². The van der Waals surface area contributed by atoms with Gasteiger partial charge < -0.3 is 35.9 Å². The molecule has 0 unspecified atom stereocenters. The van der Waals surface area contributed by atoms with Gasteiger partial charge in [-0.3, -0.25) is 21.3 Å². The molecule has 0 saturated heterocycles. The van der Waals surface area contributed by atoms with Crippen LogP contribution in [0, 0.1) is 0 Å². The number of hydrogen-bond acceptors (Lipinski definition) is 1. The molecule has 26 heavy (non-hydrogen) atoms. The molecule has 0 saturated carbocycles. The normalized spacial score (nSPS) is 11.0. The van der Waals surface area contributed by atoms with Crippen molar-refractivity contribution in [3.8, 4) is 0 Å². The molecule has 6 nitrogen and oxygen atoms in total. The third-order valence-corrected chi connectivity index (χ3v) is 4.26. The second-order valence-corrected chi connectivity index (χ2v) is 6.69. The van der Waals surface area contributed by atoms with Crippen molar-refractivity contribution < 1.29 is 40.3 Å². The van der Waals surface area contributed by atoms with Crippen molar-refractivity contribution in [1.82, 2.24) is 5.32 Å². The zero-order valence-corrected chi connectivity index (χ0v) is 18.0. The number of carbonyl (C=O) groups excluding carboxylic acids is 1. The first-order valence-corrected chi connectivity index (χ1v) is 9.80. The van der Waals surface area contributed by atoms with Crippen molar-refractivity contribution in [1.29, 1.82) is 0 Å². The minimum absolute atomic E-state index is 0. The predicted molar refractivity (Wildman–Crippen MR) is 100.0 cm³/mol. The maximum atomic E-state index is 11.9. The molecule has 0 rings (SSSR count). The van der Waals surface area contributed by atoms with Gasteiger partial charge in [0, 0.05) is 13.0 Å². The molecule has 1 atom stereocenters. The highest BCUT2D eigenvalue weighted by atomic mass is 35.5. The van der Waals surface area contributed by atoms with Crippen LogP contribution in [0.3, 0.4) is 0 Å². The predicted octanol–water partition coefficient (Wildman–Crippen LogP) is -6.22. The van der Waals surface area contributed by atoms with Crippen LogP contribution in [0.5, 0.6) is 0 Å². The lowest BCUT2D eigenvalue weighted by Crippen LogP contribution is -3.00. The molecule has 8 heteroatoms. The summed E-state index contributed by atoms with van der Waals surface area (Å²) in [6.07, 6.45) is 14.6. The van der Waals surface area contributed by atoms with Gasteiger partial charge in [0.2, 0.25) is 0 Å². The summed E-state index contributed by atoms with van der Waals surface area (Å²) >= 11 is 0. The van der Waals surface area contributed by atoms with Crippen LogP contribution < -0.4 is 52.3 Å². The number of amides is 1. The Hall–Kier alpha value is -0.720. The van der Waals surface area contributed by atoms with Crippen LogP contribution in [0.25, 0.3) is 0 Å². The Kier molecular flexibility index (Phi) is 25.8. The van der Waals surface area contributed by atoms with E-state index in [2.05, 4.69) is 23.0 Å². The number of hydrogen-bond donors (Lipinski definition) is 5. The maximum Gasteiger partial charge on any atom is 0.338 e. The molecule has 0 fully saturated rings. The van der Waals surface area contributed by atoms with Crippen LogP contribution in [0.4, 0.5) is 0 Å². The number of carbonyl (C=O) groups is 1. The summed E-state index contributed by atoms with van der Waals surface area (Å²) in [6, 6.07) is -0.200. The van der Waals surface area contributed by atoms with E-state index in [1.54, 1.807) is 0 Å². The number of quaternary nitrogens is 1. The molecule has 0 aliphatic heterocycles. The van der Waals surface area contributed by atoms with Gasteiger partial charge in [0.05, 0.1) is 6.54 Å². The molecule has 0 heterocycles. The molecule has 0 aromatic carbocycles. The molecular weight excluding hydrogens is 373 g/mol. The van der Waals surface area contributed by atoms with Gasteiger partial charge in [-0.15, -0.1) is 0 Å². The van der Waals surface area contributed by atoms with Gasteiger partial charge in [0.15, 0.2) is 6.04 Å². The fourth-order valence-corrected chi connectivity index (χ4v) is 2.68. The first-order chi connectivity index (χ1) is 11.6. The lowest BCUT2D eigenvalue weighted by molar-refractivity contribution is -0.463.